The normalized spacial score (nSPS) is 10.6. The maximum Gasteiger partial charge on any atom is 0.328 e. The van der Waals surface area contributed by atoms with Gasteiger partial charge in [0.25, 0.3) is 5.95 Å². The summed E-state index contributed by atoms with van der Waals surface area (Å²) in [5.41, 5.74) is 6.66. The fourth-order valence-corrected chi connectivity index (χ4v) is 1.88. The number of hydrogen-bond donors (Lipinski definition) is 1. The first-order chi connectivity index (χ1) is 10.1. The second kappa shape index (κ2) is 5.33. The molecule has 8 nitrogen and oxygen atoms in total. The van der Waals surface area contributed by atoms with Gasteiger partial charge in [-0.15, -0.1) is 0 Å². The highest BCUT2D eigenvalue weighted by Crippen LogP contribution is 2.28. The molecule has 3 aromatic rings. The Bertz CT molecular complexity index is 775. The van der Waals surface area contributed by atoms with E-state index in [-0.39, 0.29) is 17.9 Å². The standard InChI is InChI=1S/C12H10ClN7O/c1-7-2-3-9(8(13)4-7)21-12-18-10(14)17-11(19-12)20-6-15-5-16-20/h2-6H,1H3,(H2,14,17,18,19). The van der Waals surface area contributed by atoms with Crippen molar-refractivity contribution in [1.82, 2.24) is 29.7 Å². The molecular weight excluding hydrogens is 294 g/mol. The van der Waals surface area contributed by atoms with Gasteiger partial charge in [-0.1, -0.05) is 17.7 Å². The Morgan fingerprint density at radius 3 is 2.81 bits per heavy atom. The highest BCUT2D eigenvalue weighted by Gasteiger charge is 2.10. The summed E-state index contributed by atoms with van der Waals surface area (Å²) >= 11 is 6.10. The molecule has 0 spiro atoms. The second-order valence-electron chi connectivity index (χ2n) is 4.15. The molecule has 0 saturated carbocycles. The summed E-state index contributed by atoms with van der Waals surface area (Å²) in [7, 11) is 0. The Kier molecular flexibility index (Phi) is 3.36. The summed E-state index contributed by atoms with van der Waals surface area (Å²) in [6, 6.07) is 5.40. The number of nitrogens with zero attached hydrogens (tertiary/aromatic N) is 6. The van der Waals surface area contributed by atoms with Crippen molar-refractivity contribution in [2.24, 2.45) is 0 Å². The molecule has 0 aliphatic carbocycles. The number of anilines is 1. The summed E-state index contributed by atoms with van der Waals surface area (Å²) in [5, 5.41) is 4.38. The molecule has 2 N–H and O–H groups in total. The van der Waals surface area contributed by atoms with E-state index in [4.69, 9.17) is 22.1 Å². The number of halogens is 1. The summed E-state index contributed by atoms with van der Waals surface area (Å²) in [6.45, 7) is 1.93. The van der Waals surface area contributed by atoms with Gasteiger partial charge in [0.15, 0.2) is 0 Å². The van der Waals surface area contributed by atoms with Gasteiger partial charge in [-0.2, -0.15) is 24.7 Å². The van der Waals surface area contributed by atoms with Gasteiger partial charge < -0.3 is 10.5 Å². The molecule has 9 heteroatoms. The van der Waals surface area contributed by atoms with E-state index in [2.05, 4.69) is 25.0 Å². The molecule has 3 rings (SSSR count). The van der Waals surface area contributed by atoms with Crippen LogP contribution < -0.4 is 10.5 Å². The maximum absolute atomic E-state index is 6.10. The van der Waals surface area contributed by atoms with Gasteiger partial charge in [-0.3, -0.25) is 0 Å². The number of aryl methyl sites for hydroxylation is 1. The van der Waals surface area contributed by atoms with E-state index in [1.807, 2.05) is 13.0 Å². The largest absolute Gasteiger partial charge is 0.423 e. The van der Waals surface area contributed by atoms with Crippen molar-refractivity contribution < 1.29 is 4.74 Å². The monoisotopic (exact) mass is 303 g/mol. The average Bonchev–Trinajstić information content (AvgIpc) is 2.95. The first-order valence-corrected chi connectivity index (χ1v) is 6.30. The van der Waals surface area contributed by atoms with E-state index in [9.17, 15) is 0 Å². The Hall–Kier alpha value is -2.74. The van der Waals surface area contributed by atoms with Crippen molar-refractivity contribution in [3.63, 3.8) is 0 Å². The highest BCUT2D eigenvalue weighted by molar-refractivity contribution is 6.32. The predicted octanol–water partition coefficient (Wildman–Crippen LogP) is 1.79. The smallest absolute Gasteiger partial charge is 0.328 e. The number of ether oxygens (including phenoxy) is 1. The van der Waals surface area contributed by atoms with Crippen LogP contribution in [0.1, 0.15) is 5.56 Å². The molecule has 0 amide bonds. The van der Waals surface area contributed by atoms with Crippen molar-refractivity contribution in [3.05, 3.63) is 41.4 Å². The lowest BCUT2D eigenvalue weighted by Gasteiger charge is -2.07. The van der Waals surface area contributed by atoms with Crippen molar-refractivity contribution >= 4 is 17.5 Å². The fraction of sp³-hybridized carbons (Fsp3) is 0.0833. The van der Waals surface area contributed by atoms with Gasteiger partial charge >= 0.3 is 6.01 Å². The molecule has 0 aliphatic heterocycles. The van der Waals surface area contributed by atoms with Crippen LogP contribution in [0.15, 0.2) is 30.9 Å². The Labute approximate surface area is 124 Å². The molecule has 106 valence electrons. The van der Waals surface area contributed by atoms with Crippen molar-refractivity contribution in [1.29, 1.82) is 0 Å². The van der Waals surface area contributed by atoms with Gasteiger partial charge in [0.1, 0.15) is 18.4 Å². The molecule has 0 fully saturated rings. The zero-order chi connectivity index (χ0) is 14.8. The van der Waals surface area contributed by atoms with Crippen LogP contribution in [0.4, 0.5) is 5.95 Å². The van der Waals surface area contributed by atoms with Gasteiger partial charge in [0, 0.05) is 0 Å². The average molecular weight is 304 g/mol. The fourth-order valence-electron chi connectivity index (χ4n) is 1.61. The molecule has 2 aromatic heterocycles. The van der Waals surface area contributed by atoms with Crippen LogP contribution in [0.5, 0.6) is 11.8 Å². The summed E-state index contributed by atoms with van der Waals surface area (Å²) in [6.07, 6.45) is 2.80. The summed E-state index contributed by atoms with van der Waals surface area (Å²) < 4.78 is 6.90. The first-order valence-electron chi connectivity index (χ1n) is 5.92. The molecule has 0 radical (unpaired) electrons. The van der Waals surface area contributed by atoms with Crippen LogP contribution in [0.25, 0.3) is 5.95 Å². The Balaban J connectivity index is 1.95. The first kappa shape index (κ1) is 13.3. The zero-order valence-electron chi connectivity index (χ0n) is 10.9. The predicted molar refractivity (Wildman–Crippen MR) is 75.4 cm³/mol. The molecule has 1 aromatic carbocycles. The van der Waals surface area contributed by atoms with Crippen LogP contribution in [0, 0.1) is 6.92 Å². The number of nitrogens with two attached hydrogens (primary N) is 1. The van der Waals surface area contributed by atoms with Crippen molar-refractivity contribution in [2.45, 2.75) is 6.92 Å². The van der Waals surface area contributed by atoms with Crippen LogP contribution in [-0.2, 0) is 0 Å². The molecular formula is C12H10ClN7O. The van der Waals surface area contributed by atoms with Crippen molar-refractivity contribution in [2.75, 3.05) is 5.73 Å². The molecule has 0 bridgehead atoms. The lowest BCUT2D eigenvalue weighted by molar-refractivity contribution is 0.438. The third-order valence-electron chi connectivity index (χ3n) is 2.53. The molecule has 2 heterocycles. The number of benzene rings is 1. The molecule has 0 unspecified atom stereocenters. The van der Waals surface area contributed by atoms with E-state index < -0.39 is 0 Å². The lowest BCUT2D eigenvalue weighted by Crippen LogP contribution is -2.08. The number of nitrogen functional groups attached to an aromatic ring is 1. The minimum absolute atomic E-state index is 0.00809. The maximum atomic E-state index is 6.10. The molecule has 0 aliphatic rings. The quantitative estimate of drug-likeness (QED) is 0.786. The van der Waals surface area contributed by atoms with Gasteiger partial charge in [-0.05, 0) is 24.6 Å². The van der Waals surface area contributed by atoms with Crippen LogP contribution in [-0.4, -0.2) is 29.7 Å². The van der Waals surface area contributed by atoms with Gasteiger partial charge in [0.05, 0.1) is 5.02 Å². The van der Waals surface area contributed by atoms with Crippen LogP contribution in [0.2, 0.25) is 5.02 Å². The zero-order valence-corrected chi connectivity index (χ0v) is 11.7. The van der Waals surface area contributed by atoms with E-state index in [1.54, 1.807) is 12.1 Å². The number of hydrogen-bond acceptors (Lipinski definition) is 7. The van der Waals surface area contributed by atoms with E-state index >= 15 is 0 Å². The highest BCUT2D eigenvalue weighted by atomic mass is 35.5. The summed E-state index contributed by atoms with van der Waals surface area (Å²) in [5.74, 6) is 0.643. The Morgan fingerprint density at radius 2 is 2.10 bits per heavy atom. The topological polar surface area (TPSA) is 105 Å². The molecule has 0 saturated heterocycles. The van der Waals surface area contributed by atoms with E-state index in [0.29, 0.717) is 10.8 Å². The number of rotatable bonds is 3. The Morgan fingerprint density at radius 1 is 1.24 bits per heavy atom. The van der Waals surface area contributed by atoms with Crippen LogP contribution in [0.3, 0.4) is 0 Å². The number of aromatic nitrogens is 6. The molecule has 0 atom stereocenters. The SMILES string of the molecule is Cc1ccc(Oc2nc(N)nc(-n3cncn3)n2)c(Cl)c1. The van der Waals surface area contributed by atoms with E-state index in [0.717, 1.165) is 5.56 Å². The summed E-state index contributed by atoms with van der Waals surface area (Å²) in [4.78, 5) is 15.8. The van der Waals surface area contributed by atoms with Gasteiger partial charge in [0.2, 0.25) is 5.95 Å². The minimum Gasteiger partial charge on any atom is -0.423 e. The van der Waals surface area contributed by atoms with Crippen LogP contribution >= 0.6 is 11.6 Å². The third kappa shape index (κ3) is 2.90. The second-order valence-corrected chi connectivity index (χ2v) is 4.56. The van der Waals surface area contributed by atoms with E-state index in [1.165, 1.54) is 17.3 Å². The molecule has 21 heavy (non-hydrogen) atoms. The lowest BCUT2D eigenvalue weighted by atomic mass is 10.2. The van der Waals surface area contributed by atoms with Gasteiger partial charge in [-0.25, -0.2) is 4.98 Å². The minimum atomic E-state index is 0.00809. The van der Waals surface area contributed by atoms with Crippen molar-refractivity contribution in [3.8, 4) is 17.7 Å². The third-order valence-corrected chi connectivity index (χ3v) is 2.83.